The van der Waals surface area contributed by atoms with Crippen LogP contribution in [0.1, 0.15) is 49.4 Å². The molecule has 108 valence electrons. The molecule has 4 rings (SSSR count). The average Bonchev–Trinajstić information content (AvgIpc) is 3.08. The maximum atomic E-state index is 4.79. The molecule has 3 aromatic rings. The second-order valence-corrected chi connectivity index (χ2v) is 6.77. The molecule has 1 fully saturated rings. The summed E-state index contributed by atoms with van der Waals surface area (Å²) in [5, 5.41) is 14.6. The zero-order chi connectivity index (χ0) is 14.2. The van der Waals surface area contributed by atoms with Crippen molar-refractivity contribution in [2.24, 2.45) is 0 Å². The summed E-state index contributed by atoms with van der Waals surface area (Å²) < 4.78 is 1.97. The van der Waals surface area contributed by atoms with E-state index >= 15 is 0 Å². The van der Waals surface area contributed by atoms with E-state index in [1.165, 1.54) is 43.2 Å². The van der Waals surface area contributed by atoms with Crippen molar-refractivity contribution < 1.29 is 0 Å². The molecule has 0 unspecified atom stereocenters. The predicted octanol–water partition coefficient (Wildman–Crippen LogP) is 4.21. The zero-order valence-electron chi connectivity index (χ0n) is 12.1. The summed E-state index contributed by atoms with van der Waals surface area (Å²) >= 11 is 1.63. The Bertz CT molecular complexity index is 768. The van der Waals surface area contributed by atoms with Crippen molar-refractivity contribution in [2.75, 3.05) is 0 Å². The third-order valence-corrected chi connectivity index (χ3v) is 5.29. The van der Waals surface area contributed by atoms with Crippen LogP contribution in [0, 0.1) is 6.92 Å². The molecule has 21 heavy (non-hydrogen) atoms. The number of hydrogen-bond acceptors (Lipinski definition) is 4. The lowest BCUT2D eigenvalue weighted by Crippen LogP contribution is -2.09. The van der Waals surface area contributed by atoms with Crippen molar-refractivity contribution in [1.82, 2.24) is 19.8 Å². The van der Waals surface area contributed by atoms with Crippen molar-refractivity contribution in [1.29, 1.82) is 0 Å². The van der Waals surface area contributed by atoms with Gasteiger partial charge >= 0.3 is 0 Å². The Morgan fingerprint density at radius 1 is 1.10 bits per heavy atom. The Balaban J connectivity index is 1.77. The van der Waals surface area contributed by atoms with Gasteiger partial charge in [0.1, 0.15) is 5.01 Å². The minimum absolute atomic E-state index is 0.528. The molecule has 2 heterocycles. The van der Waals surface area contributed by atoms with E-state index in [1.54, 1.807) is 11.3 Å². The second kappa shape index (κ2) is 5.22. The number of fused-ring (bicyclic) bond motifs is 1. The summed E-state index contributed by atoms with van der Waals surface area (Å²) in [6.45, 7) is 2.12. The number of aryl methyl sites for hydroxylation is 1. The number of nitrogens with zero attached hydrogens (tertiary/aromatic N) is 4. The predicted molar refractivity (Wildman–Crippen MR) is 84.7 cm³/mol. The van der Waals surface area contributed by atoms with Crippen LogP contribution in [-0.2, 0) is 0 Å². The van der Waals surface area contributed by atoms with Crippen LogP contribution in [0.2, 0.25) is 0 Å². The van der Waals surface area contributed by atoms with Crippen LogP contribution >= 0.6 is 11.3 Å². The largest absolute Gasteiger partial charge is 0.234 e. The SMILES string of the molecule is Cc1ccccc1-c1nn2c(C3CCCCC3)nnc2s1. The highest BCUT2D eigenvalue weighted by atomic mass is 32.1. The lowest BCUT2D eigenvalue weighted by Gasteiger charge is -2.18. The Labute approximate surface area is 127 Å². The highest BCUT2D eigenvalue weighted by molar-refractivity contribution is 7.19. The number of rotatable bonds is 2. The van der Waals surface area contributed by atoms with Crippen molar-refractivity contribution in [3.05, 3.63) is 35.7 Å². The maximum absolute atomic E-state index is 4.79. The van der Waals surface area contributed by atoms with E-state index in [1.807, 2.05) is 4.52 Å². The molecule has 0 aliphatic heterocycles. The molecular formula is C16H18N4S. The monoisotopic (exact) mass is 298 g/mol. The smallest absolute Gasteiger partial charge is 0.187 e. The zero-order valence-corrected chi connectivity index (χ0v) is 12.9. The molecule has 0 amide bonds. The lowest BCUT2D eigenvalue weighted by atomic mass is 9.89. The molecule has 1 aromatic carbocycles. The van der Waals surface area contributed by atoms with Gasteiger partial charge in [-0.25, -0.2) is 0 Å². The van der Waals surface area contributed by atoms with E-state index in [-0.39, 0.29) is 0 Å². The van der Waals surface area contributed by atoms with E-state index in [2.05, 4.69) is 41.4 Å². The Morgan fingerprint density at radius 2 is 1.90 bits per heavy atom. The standard InChI is InChI=1S/C16H18N4S/c1-11-7-5-6-10-13(11)15-19-20-14(17-18-16(20)21-15)12-8-3-2-4-9-12/h5-7,10,12H,2-4,8-9H2,1H3. The van der Waals surface area contributed by atoms with Gasteiger partial charge in [0.2, 0.25) is 4.96 Å². The molecule has 0 N–H and O–H groups in total. The van der Waals surface area contributed by atoms with Crippen LogP contribution in [0.25, 0.3) is 15.5 Å². The number of hydrogen-bond donors (Lipinski definition) is 0. The molecule has 1 aliphatic rings. The van der Waals surface area contributed by atoms with Crippen LogP contribution in [0.3, 0.4) is 0 Å². The van der Waals surface area contributed by atoms with Gasteiger partial charge in [-0.05, 0) is 25.3 Å². The third-order valence-electron chi connectivity index (χ3n) is 4.36. The summed E-state index contributed by atoms with van der Waals surface area (Å²) in [4.78, 5) is 0.911. The van der Waals surface area contributed by atoms with E-state index in [9.17, 15) is 0 Å². The summed E-state index contributed by atoms with van der Waals surface area (Å²) in [7, 11) is 0. The Morgan fingerprint density at radius 3 is 2.71 bits per heavy atom. The van der Waals surface area contributed by atoms with Gasteiger partial charge in [0.25, 0.3) is 0 Å². The third kappa shape index (κ3) is 2.25. The van der Waals surface area contributed by atoms with Crippen LogP contribution < -0.4 is 0 Å². The maximum Gasteiger partial charge on any atom is 0.234 e. The van der Waals surface area contributed by atoms with Crippen molar-refractivity contribution >= 4 is 16.3 Å². The van der Waals surface area contributed by atoms with Gasteiger partial charge in [0.15, 0.2) is 5.82 Å². The Hall–Kier alpha value is -1.75. The van der Waals surface area contributed by atoms with E-state index in [0.717, 1.165) is 15.8 Å². The molecule has 0 radical (unpaired) electrons. The van der Waals surface area contributed by atoms with Crippen molar-refractivity contribution in [3.63, 3.8) is 0 Å². The topological polar surface area (TPSA) is 43.1 Å². The molecule has 2 aromatic heterocycles. The molecule has 1 aliphatic carbocycles. The fraction of sp³-hybridized carbons (Fsp3) is 0.438. The molecular weight excluding hydrogens is 280 g/mol. The van der Waals surface area contributed by atoms with Gasteiger partial charge < -0.3 is 0 Å². The summed E-state index contributed by atoms with van der Waals surface area (Å²) in [6.07, 6.45) is 6.39. The molecule has 5 heteroatoms. The van der Waals surface area contributed by atoms with E-state index < -0.39 is 0 Å². The molecule has 0 bridgehead atoms. The van der Waals surface area contributed by atoms with Gasteiger partial charge in [-0.3, -0.25) is 0 Å². The number of aromatic nitrogens is 4. The second-order valence-electron chi connectivity index (χ2n) is 5.81. The quantitative estimate of drug-likeness (QED) is 0.712. The van der Waals surface area contributed by atoms with Gasteiger partial charge in [-0.1, -0.05) is 54.9 Å². The summed E-state index contributed by atoms with van der Waals surface area (Å²) in [5.41, 5.74) is 2.45. The first-order valence-electron chi connectivity index (χ1n) is 7.61. The normalized spacial score (nSPS) is 16.6. The van der Waals surface area contributed by atoms with Crippen molar-refractivity contribution in [2.45, 2.75) is 44.9 Å². The minimum Gasteiger partial charge on any atom is -0.187 e. The molecule has 0 atom stereocenters. The first kappa shape index (κ1) is 13.0. The Kier molecular flexibility index (Phi) is 3.22. The van der Waals surface area contributed by atoms with Gasteiger partial charge in [-0.15, -0.1) is 10.2 Å². The highest BCUT2D eigenvalue weighted by Crippen LogP contribution is 2.34. The number of benzene rings is 1. The molecule has 0 spiro atoms. The van der Waals surface area contributed by atoms with E-state index in [4.69, 9.17) is 5.10 Å². The lowest BCUT2D eigenvalue weighted by molar-refractivity contribution is 0.423. The average molecular weight is 298 g/mol. The minimum atomic E-state index is 0.528. The van der Waals surface area contributed by atoms with Crippen LogP contribution in [-0.4, -0.2) is 19.8 Å². The van der Waals surface area contributed by atoms with Crippen LogP contribution in [0.15, 0.2) is 24.3 Å². The summed E-state index contributed by atoms with van der Waals surface area (Å²) in [5.74, 6) is 1.58. The fourth-order valence-electron chi connectivity index (χ4n) is 3.17. The highest BCUT2D eigenvalue weighted by Gasteiger charge is 2.23. The van der Waals surface area contributed by atoms with Crippen LogP contribution in [0.4, 0.5) is 0 Å². The molecule has 0 saturated heterocycles. The van der Waals surface area contributed by atoms with Crippen LogP contribution in [0.5, 0.6) is 0 Å². The fourth-order valence-corrected chi connectivity index (χ4v) is 4.11. The van der Waals surface area contributed by atoms with Gasteiger partial charge in [0.05, 0.1) is 0 Å². The van der Waals surface area contributed by atoms with Crippen molar-refractivity contribution in [3.8, 4) is 10.6 Å². The van der Waals surface area contributed by atoms with Gasteiger partial charge in [-0.2, -0.15) is 9.61 Å². The molecule has 1 saturated carbocycles. The first-order valence-corrected chi connectivity index (χ1v) is 8.43. The molecule has 4 nitrogen and oxygen atoms in total. The van der Waals surface area contributed by atoms with E-state index in [0.29, 0.717) is 5.92 Å². The van der Waals surface area contributed by atoms with Gasteiger partial charge in [0, 0.05) is 11.5 Å². The first-order chi connectivity index (χ1) is 10.3. The summed E-state index contributed by atoms with van der Waals surface area (Å²) in [6, 6.07) is 8.38.